The first-order valence-electron chi connectivity index (χ1n) is 5.84. The van der Waals surface area contributed by atoms with Crippen molar-refractivity contribution < 1.29 is 0 Å². The van der Waals surface area contributed by atoms with Gasteiger partial charge in [-0.2, -0.15) is 5.10 Å². The molecule has 0 saturated heterocycles. The molecule has 0 spiro atoms. The molecule has 1 N–H and O–H groups in total. The van der Waals surface area contributed by atoms with Gasteiger partial charge in [-0.1, -0.05) is 0 Å². The molecule has 0 bridgehead atoms. The summed E-state index contributed by atoms with van der Waals surface area (Å²) in [5, 5.41) is 7.38. The van der Waals surface area contributed by atoms with Crippen molar-refractivity contribution >= 4 is 5.52 Å². The van der Waals surface area contributed by atoms with Gasteiger partial charge in [0.05, 0.1) is 5.69 Å². The normalized spacial score (nSPS) is 13.1. The second kappa shape index (κ2) is 4.71. The Morgan fingerprint density at radius 3 is 2.94 bits per heavy atom. The zero-order valence-corrected chi connectivity index (χ0v) is 10.5. The Morgan fingerprint density at radius 1 is 1.47 bits per heavy atom. The minimum atomic E-state index is 0.0244. The summed E-state index contributed by atoms with van der Waals surface area (Å²) in [6.07, 6.45) is 4.55. The zero-order valence-electron chi connectivity index (χ0n) is 10.5. The summed E-state index contributed by atoms with van der Waals surface area (Å²) in [6, 6.07) is 2.23. The molecule has 0 aliphatic carbocycles. The van der Waals surface area contributed by atoms with Gasteiger partial charge in [0.25, 0.3) is 5.56 Å². The lowest BCUT2D eigenvalue weighted by atomic mass is 10.2. The largest absolute Gasteiger partial charge is 0.317 e. The van der Waals surface area contributed by atoms with Crippen LogP contribution >= 0.6 is 0 Å². The first-order chi connectivity index (χ1) is 8.11. The summed E-state index contributed by atoms with van der Waals surface area (Å²) < 4.78 is 3.37. The first kappa shape index (κ1) is 11.9. The summed E-state index contributed by atoms with van der Waals surface area (Å²) in [7, 11) is 1.93. The van der Waals surface area contributed by atoms with E-state index in [1.165, 1.54) is 0 Å². The van der Waals surface area contributed by atoms with Crippen molar-refractivity contribution in [1.29, 1.82) is 0 Å². The standard InChI is InChI=1S/C12H18N4O/c1-9(13-3)4-5-15-6-7-16-11(12(15)17)8-10(2)14-16/h6-9,13H,4-5H2,1-3H3. The van der Waals surface area contributed by atoms with E-state index < -0.39 is 0 Å². The van der Waals surface area contributed by atoms with Gasteiger partial charge in [0, 0.05) is 25.0 Å². The fraction of sp³-hybridized carbons (Fsp3) is 0.500. The van der Waals surface area contributed by atoms with Crippen molar-refractivity contribution in [2.75, 3.05) is 7.05 Å². The highest BCUT2D eigenvalue weighted by Crippen LogP contribution is 2.01. The molecular formula is C12H18N4O. The Kier molecular flexibility index (Phi) is 3.28. The Labute approximate surface area is 100 Å². The van der Waals surface area contributed by atoms with E-state index in [2.05, 4.69) is 17.3 Å². The minimum absolute atomic E-state index is 0.0244. The number of rotatable bonds is 4. The summed E-state index contributed by atoms with van der Waals surface area (Å²) in [5.41, 5.74) is 1.53. The van der Waals surface area contributed by atoms with Crippen LogP contribution < -0.4 is 10.9 Å². The van der Waals surface area contributed by atoms with Crippen LogP contribution in [0.15, 0.2) is 23.3 Å². The zero-order chi connectivity index (χ0) is 12.4. The fourth-order valence-electron chi connectivity index (χ4n) is 1.80. The molecule has 1 unspecified atom stereocenters. The van der Waals surface area contributed by atoms with Crippen LogP contribution in [0.1, 0.15) is 19.0 Å². The molecule has 2 aromatic heterocycles. The van der Waals surface area contributed by atoms with Gasteiger partial charge in [-0.25, -0.2) is 4.52 Å². The lowest BCUT2D eigenvalue weighted by Crippen LogP contribution is -2.27. The van der Waals surface area contributed by atoms with Crippen LogP contribution in [-0.4, -0.2) is 27.3 Å². The predicted octanol–water partition coefficient (Wildman–Crippen LogP) is 0.802. The molecule has 0 radical (unpaired) electrons. The van der Waals surface area contributed by atoms with Crippen molar-refractivity contribution in [3.63, 3.8) is 0 Å². The Balaban J connectivity index is 2.29. The SMILES string of the molecule is CNC(C)CCn1ccn2nc(C)cc2c1=O. The van der Waals surface area contributed by atoms with Crippen LogP contribution in [0, 0.1) is 6.92 Å². The lowest BCUT2D eigenvalue weighted by molar-refractivity contribution is 0.502. The molecule has 0 aliphatic rings. The molecule has 0 fully saturated rings. The maximum atomic E-state index is 12.1. The highest BCUT2D eigenvalue weighted by molar-refractivity contribution is 5.44. The molecule has 5 heteroatoms. The molecule has 0 amide bonds. The average molecular weight is 234 g/mol. The molecule has 17 heavy (non-hydrogen) atoms. The van der Waals surface area contributed by atoms with Gasteiger partial charge in [0.15, 0.2) is 0 Å². The van der Waals surface area contributed by atoms with E-state index in [0.29, 0.717) is 11.6 Å². The number of hydrogen-bond acceptors (Lipinski definition) is 3. The van der Waals surface area contributed by atoms with Gasteiger partial charge in [0.1, 0.15) is 5.52 Å². The van der Waals surface area contributed by atoms with Crippen molar-refractivity contribution in [3.8, 4) is 0 Å². The van der Waals surface area contributed by atoms with Crippen molar-refractivity contribution in [2.24, 2.45) is 0 Å². The van der Waals surface area contributed by atoms with Crippen LogP contribution in [0.5, 0.6) is 0 Å². The third kappa shape index (κ3) is 2.39. The second-order valence-electron chi connectivity index (χ2n) is 4.39. The maximum Gasteiger partial charge on any atom is 0.276 e. The van der Waals surface area contributed by atoms with Crippen molar-refractivity contribution in [3.05, 3.63) is 34.5 Å². The number of hydrogen-bond donors (Lipinski definition) is 1. The molecule has 2 aromatic rings. The molecule has 5 nitrogen and oxygen atoms in total. The van der Waals surface area contributed by atoms with E-state index in [1.54, 1.807) is 15.3 Å². The lowest BCUT2D eigenvalue weighted by Gasteiger charge is -2.11. The van der Waals surface area contributed by atoms with Crippen LogP contribution in [0.25, 0.3) is 5.52 Å². The van der Waals surface area contributed by atoms with Gasteiger partial charge in [-0.05, 0) is 33.4 Å². The Hall–Kier alpha value is -1.62. The van der Waals surface area contributed by atoms with Gasteiger partial charge in [-0.3, -0.25) is 4.79 Å². The van der Waals surface area contributed by atoms with Crippen LogP contribution in [0.3, 0.4) is 0 Å². The van der Waals surface area contributed by atoms with Gasteiger partial charge in [-0.15, -0.1) is 0 Å². The molecule has 0 aliphatic heterocycles. The number of aromatic nitrogens is 3. The molecule has 1 atom stereocenters. The van der Waals surface area contributed by atoms with Crippen molar-refractivity contribution in [2.45, 2.75) is 32.9 Å². The smallest absolute Gasteiger partial charge is 0.276 e. The highest BCUT2D eigenvalue weighted by atomic mass is 16.1. The molecular weight excluding hydrogens is 216 g/mol. The summed E-state index contributed by atoms with van der Waals surface area (Å²) in [4.78, 5) is 12.1. The number of fused-ring (bicyclic) bond motifs is 1. The van der Waals surface area contributed by atoms with E-state index in [0.717, 1.165) is 18.7 Å². The van der Waals surface area contributed by atoms with E-state index in [-0.39, 0.29) is 5.56 Å². The molecule has 0 aromatic carbocycles. The van der Waals surface area contributed by atoms with E-state index >= 15 is 0 Å². The van der Waals surface area contributed by atoms with Crippen LogP contribution in [0.2, 0.25) is 0 Å². The summed E-state index contributed by atoms with van der Waals surface area (Å²) in [5.74, 6) is 0. The first-order valence-corrected chi connectivity index (χ1v) is 5.84. The summed E-state index contributed by atoms with van der Waals surface area (Å²) in [6.45, 7) is 4.72. The third-order valence-electron chi connectivity index (χ3n) is 3.02. The number of aryl methyl sites for hydroxylation is 2. The van der Waals surface area contributed by atoms with Crippen molar-refractivity contribution in [1.82, 2.24) is 19.5 Å². The minimum Gasteiger partial charge on any atom is -0.317 e. The van der Waals surface area contributed by atoms with E-state index in [9.17, 15) is 4.79 Å². The topological polar surface area (TPSA) is 51.3 Å². The van der Waals surface area contributed by atoms with Crippen LogP contribution in [-0.2, 0) is 6.54 Å². The van der Waals surface area contributed by atoms with Gasteiger partial charge in [0.2, 0.25) is 0 Å². The number of nitrogens with one attached hydrogen (secondary N) is 1. The third-order valence-corrected chi connectivity index (χ3v) is 3.02. The summed E-state index contributed by atoms with van der Waals surface area (Å²) >= 11 is 0. The Morgan fingerprint density at radius 2 is 2.24 bits per heavy atom. The van der Waals surface area contributed by atoms with E-state index in [1.807, 2.05) is 26.2 Å². The van der Waals surface area contributed by atoms with Crippen LogP contribution in [0.4, 0.5) is 0 Å². The molecule has 92 valence electrons. The molecule has 2 heterocycles. The van der Waals surface area contributed by atoms with E-state index in [4.69, 9.17) is 0 Å². The average Bonchev–Trinajstić information content (AvgIpc) is 2.69. The number of nitrogens with zero attached hydrogens (tertiary/aromatic N) is 3. The fourth-order valence-corrected chi connectivity index (χ4v) is 1.80. The Bertz CT molecular complexity index is 569. The maximum absolute atomic E-state index is 12.1. The monoisotopic (exact) mass is 234 g/mol. The van der Waals surface area contributed by atoms with Gasteiger partial charge >= 0.3 is 0 Å². The molecule has 0 saturated carbocycles. The quantitative estimate of drug-likeness (QED) is 0.851. The second-order valence-corrected chi connectivity index (χ2v) is 4.39. The molecule has 2 rings (SSSR count). The highest BCUT2D eigenvalue weighted by Gasteiger charge is 2.06. The predicted molar refractivity (Wildman–Crippen MR) is 67.3 cm³/mol. The van der Waals surface area contributed by atoms with Gasteiger partial charge < -0.3 is 9.88 Å².